The maximum absolute atomic E-state index is 10.8. The van der Waals surface area contributed by atoms with Crippen molar-refractivity contribution in [3.05, 3.63) is 51.2 Å². The highest BCUT2D eigenvalue weighted by Gasteiger charge is 1.97. The molecule has 14 heavy (non-hydrogen) atoms. The highest BCUT2D eigenvalue weighted by atomic mass is 16.4. The number of rotatable bonds is 1. The molecule has 0 aliphatic rings. The molecule has 5 heteroatoms. The van der Waals surface area contributed by atoms with E-state index in [1.54, 1.807) is 24.3 Å². The molecule has 2 rings (SSSR count). The first-order chi connectivity index (χ1) is 6.79. The average molecular weight is 187 g/mol. The molecule has 0 spiro atoms. The summed E-state index contributed by atoms with van der Waals surface area (Å²) in [5, 5.41) is 4.17. The van der Waals surface area contributed by atoms with Crippen molar-refractivity contribution in [1.82, 2.24) is 0 Å². The average Bonchev–Trinajstić information content (AvgIpc) is 2.19. The topological polar surface area (TPSA) is 79.0 Å². The second-order valence-electron chi connectivity index (χ2n) is 2.67. The van der Waals surface area contributed by atoms with Gasteiger partial charge in [0, 0.05) is 22.1 Å². The van der Waals surface area contributed by atoms with Gasteiger partial charge in [0.05, 0.1) is 0 Å². The van der Waals surface area contributed by atoms with E-state index in [9.17, 15) is 4.79 Å². The number of nitrogens with zero attached hydrogens (tertiary/aromatic N) is 3. The molecule has 0 saturated carbocycles. The molecule has 0 fully saturated rings. The van der Waals surface area contributed by atoms with Crippen molar-refractivity contribution in [1.29, 1.82) is 0 Å². The van der Waals surface area contributed by atoms with Gasteiger partial charge in [0.1, 0.15) is 5.58 Å². The van der Waals surface area contributed by atoms with Crippen molar-refractivity contribution in [2.24, 2.45) is 5.11 Å². The first-order valence-electron chi connectivity index (χ1n) is 3.88. The molecule has 0 atom stereocenters. The van der Waals surface area contributed by atoms with Crippen LogP contribution in [0.15, 0.2) is 44.7 Å². The van der Waals surface area contributed by atoms with E-state index in [2.05, 4.69) is 10.0 Å². The van der Waals surface area contributed by atoms with E-state index >= 15 is 0 Å². The number of fused-ring (bicyclic) bond motifs is 1. The standard InChI is InChI=1S/C9H5N3O2/c10-12-11-7-2-3-8-6(5-7)1-4-9(13)14-8/h1-5H. The Bertz CT molecular complexity index is 582. The zero-order valence-corrected chi connectivity index (χ0v) is 7.04. The SMILES string of the molecule is [N-]=[N+]=Nc1ccc2oc(=O)ccc2c1. The van der Waals surface area contributed by atoms with Gasteiger partial charge in [0.2, 0.25) is 0 Å². The molecule has 5 nitrogen and oxygen atoms in total. The van der Waals surface area contributed by atoms with Gasteiger partial charge in [-0.05, 0) is 29.8 Å². The predicted octanol–water partition coefficient (Wildman–Crippen LogP) is 2.73. The lowest BCUT2D eigenvalue weighted by Gasteiger charge is -1.95. The van der Waals surface area contributed by atoms with Crippen LogP contribution in [0.2, 0.25) is 0 Å². The highest BCUT2D eigenvalue weighted by molar-refractivity contribution is 5.79. The summed E-state index contributed by atoms with van der Waals surface area (Å²) in [4.78, 5) is 13.5. The summed E-state index contributed by atoms with van der Waals surface area (Å²) in [6.07, 6.45) is 0. The maximum atomic E-state index is 10.8. The Kier molecular flexibility index (Phi) is 1.93. The van der Waals surface area contributed by atoms with Crippen molar-refractivity contribution in [2.45, 2.75) is 0 Å². The van der Waals surface area contributed by atoms with Crippen LogP contribution in [0.1, 0.15) is 0 Å². The van der Waals surface area contributed by atoms with Crippen LogP contribution in [-0.2, 0) is 0 Å². The van der Waals surface area contributed by atoms with E-state index in [1.165, 1.54) is 6.07 Å². The molecule has 0 radical (unpaired) electrons. The van der Waals surface area contributed by atoms with Gasteiger partial charge >= 0.3 is 5.63 Å². The van der Waals surface area contributed by atoms with Gasteiger partial charge < -0.3 is 4.42 Å². The molecule has 0 saturated heterocycles. The Morgan fingerprint density at radius 3 is 2.93 bits per heavy atom. The van der Waals surface area contributed by atoms with Crippen LogP contribution in [0.5, 0.6) is 0 Å². The van der Waals surface area contributed by atoms with Crippen LogP contribution >= 0.6 is 0 Å². The first-order valence-corrected chi connectivity index (χ1v) is 3.88. The summed E-state index contributed by atoms with van der Waals surface area (Å²) in [6.45, 7) is 0. The first kappa shape index (κ1) is 8.34. The van der Waals surface area contributed by atoms with Crippen molar-refractivity contribution < 1.29 is 4.42 Å². The minimum Gasteiger partial charge on any atom is -0.423 e. The van der Waals surface area contributed by atoms with E-state index in [1.807, 2.05) is 0 Å². The molecular weight excluding hydrogens is 182 g/mol. The second kappa shape index (κ2) is 3.24. The van der Waals surface area contributed by atoms with Crippen molar-refractivity contribution >= 4 is 16.7 Å². The van der Waals surface area contributed by atoms with Crippen LogP contribution < -0.4 is 5.63 Å². The molecule has 1 aromatic heterocycles. The summed E-state index contributed by atoms with van der Waals surface area (Å²) < 4.78 is 4.90. The van der Waals surface area contributed by atoms with Crippen molar-refractivity contribution in [2.75, 3.05) is 0 Å². The number of benzene rings is 1. The maximum Gasteiger partial charge on any atom is 0.336 e. The summed E-state index contributed by atoms with van der Waals surface area (Å²) in [5.74, 6) is 0. The molecule has 1 aromatic carbocycles. The van der Waals surface area contributed by atoms with E-state index in [0.717, 1.165) is 5.39 Å². The molecule has 2 aromatic rings. The zero-order valence-electron chi connectivity index (χ0n) is 7.04. The van der Waals surface area contributed by atoms with Crippen LogP contribution in [-0.4, -0.2) is 0 Å². The van der Waals surface area contributed by atoms with Crippen LogP contribution in [0, 0.1) is 0 Å². The minimum absolute atomic E-state index is 0.394. The normalized spacial score (nSPS) is 9.71. The van der Waals surface area contributed by atoms with E-state index in [4.69, 9.17) is 9.95 Å². The van der Waals surface area contributed by atoms with Gasteiger partial charge in [0.15, 0.2) is 0 Å². The van der Waals surface area contributed by atoms with Crippen LogP contribution in [0.4, 0.5) is 5.69 Å². The van der Waals surface area contributed by atoms with Gasteiger partial charge in [0.25, 0.3) is 0 Å². The Morgan fingerprint density at radius 2 is 2.14 bits per heavy atom. The highest BCUT2D eigenvalue weighted by Crippen LogP contribution is 2.19. The lowest BCUT2D eigenvalue weighted by atomic mass is 10.2. The van der Waals surface area contributed by atoms with Crippen molar-refractivity contribution in [3.63, 3.8) is 0 Å². The zero-order chi connectivity index (χ0) is 9.97. The summed E-state index contributed by atoms with van der Waals surface area (Å²) in [7, 11) is 0. The monoisotopic (exact) mass is 187 g/mol. The molecule has 0 N–H and O–H groups in total. The Labute approximate surface area is 78.2 Å². The Morgan fingerprint density at radius 1 is 1.29 bits per heavy atom. The molecule has 0 aliphatic heterocycles. The largest absolute Gasteiger partial charge is 0.423 e. The van der Waals surface area contributed by atoms with Crippen LogP contribution in [0.3, 0.4) is 0 Å². The lowest BCUT2D eigenvalue weighted by Crippen LogP contribution is -1.93. The third-order valence-corrected chi connectivity index (χ3v) is 1.76. The summed E-state index contributed by atoms with van der Waals surface area (Å²) >= 11 is 0. The Hall–Kier alpha value is -2.26. The molecule has 1 heterocycles. The quantitative estimate of drug-likeness (QED) is 0.297. The third-order valence-electron chi connectivity index (χ3n) is 1.76. The van der Waals surface area contributed by atoms with E-state index in [0.29, 0.717) is 11.3 Å². The summed E-state index contributed by atoms with van der Waals surface area (Å²) in [5.41, 5.74) is 8.80. The molecule has 0 amide bonds. The number of hydrogen-bond donors (Lipinski definition) is 0. The third kappa shape index (κ3) is 1.44. The molecule has 0 aliphatic carbocycles. The fourth-order valence-corrected chi connectivity index (χ4v) is 1.17. The molecule has 68 valence electrons. The van der Waals surface area contributed by atoms with E-state index < -0.39 is 5.63 Å². The molecule has 0 unspecified atom stereocenters. The second-order valence-corrected chi connectivity index (χ2v) is 2.67. The van der Waals surface area contributed by atoms with Gasteiger partial charge in [-0.25, -0.2) is 4.79 Å². The van der Waals surface area contributed by atoms with Crippen molar-refractivity contribution in [3.8, 4) is 0 Å². The lowest BCUT2D eigenvalue weighted by molar-refractivity contribution is 0.561. The van der Waals surface area contributed by atoms with Crippen LogP contribution in [0.25, 0.3) is 21.4 Å². The van der Waals surface area contributed by atoms with Gasteiger partial charge in [-0.3, -0.25) is 0 Å². The summed E-state index contributed by atoms with van der Waals surface area (Å²) in [6, 6.07) is 7.78. The fraction of sp³-hybridized carbons (Fsp3) is 0. The van der Waals surface area contributed by atoms with Gasteiger partial charge in [-0.1, -0.05) is 5.11 Å². The number of azide groups is 1. The molecular formula is C9H5N3O2. The number of hydrogen-bond acceptors (Lipinski definition) is 3. The van der Waals surface area contributed by atoms with Gasteiger partial charge in [-0.15, -0.1) is 0 Å². The Balaban J connectivity index is 2.73. The molecule has 0 bridgehead atoms. The smallest absolute Gasteiger partial charge is 0.336 e. The minimum atomic E-state index is -0.394. The fourth-order valence-electron chi connectivity index (χ4n) is 1.17. The van der Waals surface area contributed by atoms with Gasteiger partial charge in [-0.2, -0.15) is 0 Å². The predicted molar refractivity (Wildman–Crippen MR) is 51.3 cm³/mol. The van der Waals surface area contributed by atoms with E-state index in [-0.39, 0.29) is 0 Å².